The normalized spacial score (nSPS) is 18.1. The average Bonchev–Trinajstić information content (AvgIpc) is 3.28. The number of anilines is 1. The van der Waals surface area contributed by atoms with Crippen molar-refractivity contribution in [2.24, 2.45) is 7.05 Å². The lowest BCUT2D eigenvalue weighted by atomic mass is 10.0. The molecule has 196 valence electrons. The molecule has 0 saturated carbocycles. The van der Waals surface area contributed by atoms with Crippen LogP contribution >= 0.6 is 0 Å². The summed E-state index contributed by atoms with van der Waals surface area (Å²) in [5, 5.41) is 0.684. The summed E-state index contributed by atoms with van der Waals surface area (Å²) in [6.45, 7) is 8.48. The number of nitrogens with zero attached hydrogens (tertiary/aromatic N) is 4. The minimum Gasteiger partial charge on any atom is -0.456 e. The lowest BCUT2D eigenvalue weighted by molar-refractivity contribution is 0.00695. The second-order valence-corrected chi connectivity index (χ2v) is 11.5. The van der Waals surface area contributed by atoms with E-state index in [1.807, 2.05) is 52.1 Å². The largest absolute Gasteiger partial charge is 0.456 e. The lowest BCUT2D eigenvalue weighted by Gasteiger charge is -2.28. The van der Waals surface area contributed by atoms with Crippen molar-refractivity contribution < 1.29 is 9.53 Å². The number of carbonyl (C=O) groups excluding carboxylic acids is 1. The zero-order valence-corrected chi connectivity index (χ0v) is 22.7. The fourth-order valence-corrected chi connectivity index (χ4v) is 5.61. The van der Waals surface area contributed by atoms with E-state index in [1.54, 1.807) is 4.57 Å². The van der Waals surface area contributed by atoms with Gasteiger partial charge in [-0.15, -0.1) is 0 Å². The molecule has 1 saturated heterocycles. The second-order valence-electron chi connectivity index (χ2n) is 11.5. The first-order chi connectivity index (χ1) is 17.6. The third-order valence-electron chi connectivity index (χ3n) is 7.67. The summed E-state index contributed by atoms with van der Waals surface area (Å²) in [7, 11) is 3.92. The highest BCUT2D eigenvalue weighted by Crippen LogP contribution is 2.39. The van der Waals surface area contributed by atoms with Gasteiger partial charge in [0.05, 0.1) is 29.1 Å². The third-order valence-corrected chi connectivity index (χ3v) is 7.67. The number of aryl methyl sites for hydroxylation is 1. The van der Waals surface area contributed by atoms with Crippen molar-refractivity contribution in [3.05, 3.63) is 69.3 Å². The molecule has 3 aromatic rings. The summed E-state index contributed by atoms with van der Waals surface area (Å²) >= 11 is 0. The van der Waals surface area contributed by atoms with Gasteiger partial charge >= 0.3 is 5.97 Å². The van der Waals surface area contributed by atoms with E-state index in [0.29, 0.717) is 10.9 Å². The molecule has 2 aromatic carbocycles. The zero-order valence-electron chi connectivity index (χ0n) is 22.7. The fourth-order valence-electron chi connectivity index (χ4n) is 5.61. The van der Waals surface area contributed by atoms with E-state index in [4.69, 9.17) is 9.72 Å². The van der Waals surface area contributed by atoms with E-state index in [0.717, 1.165) is 49.5 Å². The highest BCUT2D eigenvalue weighted by Gasteiger charge is 2.28. The maximum absolute atomic E-state index is 13.4. The molecule has 7 heteroatoms. The van der Waals surface area contributed by atoms with Crippen LogP contribution in [0.2, 0.25) is 0 Å². The standard InChI is InChI=1S/C30H38N4O3/c1-30(2,3)37-29(36)20-9-12-22(13-10-20)32(4)26-14-11-21-17-25-24(18-23(21)26)28(35)33(5)27(31-25)19-34-15-7-6-8-16-34/h9-10,12-13,17-18,26H,6-8,11,14-16,19H2,1-5H3. The van der Waals surface area contributed by atoms with E-state index in [1.165, 1.54) is 30.4 Å². The van der Waals surface area contributed by atoms with Crippen molar-refractivity contribution in [3.8, 4) is 0 Å². The topological polar surface area (TPSA) is 67.7 Å². The Labute approximate surface area is 219 Å². The van der Waals surface area contributed by atoms with Gasteiger partial charge < -0.3 is 9.64 Å². The Morgan fingerprint density at radius 1 is 1.11 bits per heavy atom. The number of esters is 1. The molecule has 1 aliphatic heterocycles. The molecule has 5 rings (SSSR count). The Bertz CT molecular complexity index is 1360. The third kappa shape index (κ3) is 5.28. The molecule has 0 radical (unpaired) electrons. The highest BCUT2D eigenvalue weighted by atomic mass is 16.6. The van der Waals surface area contributed by atoms with Crippen LogP contribution in [0.5, 0.6) is 0 Å². The molecule has 2 heterocycles. The molecule has 37 heavy (non-hydrogen) atoms. The highest BCUT2D eigenvalue weighted by molar-refractivity contribution is 5.90. The van der Waals surface area contributed by atoms with Gasteiger partial charge in [-0.05, 0) is 107 Å². The van der Waals surface area contributed by atoms with E-state index in [-0.39, 0.29) is 17.6 Å². The first kappa shape index (κ1) is 25.5. The van der Waals surface area contributed by atoms with Crippen LogP contribution in [0, 0.1) is 0 Å². The molecule has 1 fully saturated rings. The molecule has 2 aliphatic rings. The molecular weight excluding hydrogens is 464 g/mol. The maximum Gasteiger partial charge on any atom is 0.338 e. The van der Waals surface area contributed by atoms with Gasteiger partial charge in [0, 0.05) is 19.8 Å². The van der Waals surface area contributed by atoms with Crippen LogP contribution in [0.3, 0.4) is 0 Å². The number of aromatic nitrogens is 2. The van der Waals surface area contributed by atoms with Gasteiger partial charge in [0.15, 0.2) is 0 Å². The Kier molecular flexibility index (Phi) is 6.84. The molecular formula is C30H38N4O3. The Balaban J connectivity index is 1.40. The SMILES string of the molecule is CN(c1ccc(C(=O)OC(C)(C)C)cc1)C1CCc2cc3nc(CN4CCCCC4)n(C)c(=O)c3cc21. The van der Waals surface area contributed by atoms with Gasteiger partial charge in [0.2, 0.25) is 0 Å². The molecule has 1 unspecified atom stereocenters. The molecule has 7 nitrogen and oxygen atoms in total. The maximum atomic E-state index is 13.4. The van der Waals surface area contributed by atoms with E-state index >= 15 is 0 Å². The number of hydrogen-bond acceptors (Lipinski definition) is 6. The molecule has 1 aliphatic carbocycles. The minimum absolute atomic E-state index is 0.0230. The quantitative estimate of drug-likeness (QED) is 0.458. The molecule has 1 atom stereocenters. The summed E-state index contributed by atoms with van der Waals surface area (Å²) in [5.41, 5.74) is 4.32. The molecule has 1 aromatic heterocycles. The molecule has 0 amide bonds. The summed E-state index contributed by atoms with van der Waals surface area (Å²) in [4.78, 5) is 35.4. The number of rotatable bonds is 5. The lowest BCUT2D eigenvalue weighted by Crippen LogP contribution is -2.33. The monoisotopic (exact) mass is 502 g/mol. The number of benzene rings is 2. The first-order valence-corrected chi connectivity index (χ1v) is 13.4. The van der Waals surface area contributed by atoms with Crippen LogP contribution in [-0.2, 0) is 24.8 Å². The van der Waals surface area contributed by atoms with Gasteiger partial charge in [-0.3, -0.25) is 14.3 Å². The van der Waals surface area contributed by atoms with Crippen LogP contribution < -0.4 is 10.5 Å². The average molecular weight is 503 g/mol. The van der Waals surface area contributed by atoms with Crippen molar-refractivity contribution in [1.82, 2.24) is 14.5 Å². The first-order valence-electron chi connectivity index (χ1n) is 13.4. The van der Waals surface area contributed by atoms with Gasteiger partial charge in [0.1, 0.15) is 11.4 Å². The van der Waals surface area contributed by atoms with Crippen LogP contribution in [0.25, 0.3) is 10.9 Å². The summed E-state index contributed by atoms with van der Waals surface area (Å²) in [6, 6.07) is 11.9. The van der Waals surface area contributed by atoms with Crippen LogP contribution in [0.4, 0.5) is 5.69 Å². The van der Waals surface area contributed by atoms with E-state index in [2.05, 4.69) is 29.0 Å². The molecule has 0 N–H and O–H groups in total. The van der Waals surface area contributed by atoms with Crippen LogP contribution in [0.15, 0.2) is 41.2 Å². The second kappa shape index (κ2) is 9.93. The smallest absolute Gasteiger partial charge is 0.338 e. The Hall–Kier alpha value is -3.19. The van der Waals surface area contributed by atoms with Crippen LogP contribution in [0.1, 0.15) is 79.8 Å². The molecule has 0 bridgehead atoms. The van der Waals surface area contributed by atoms with Gasteiger partial charge in [-0.25, -0.2) is 9.78 Å². The summed E-state index contributed by atoms with van der Waals surface area (Å²) < 4.78 is 7.22. The van der Waals surface area contributed by atoms with Gasteiger partial charge in [-0.1, -0.05) is 6.42 Å². The number of piperidine rings is 1. The predicted molar refractivity (Wildman–Crippen MR) is 147 cm³/mol. The van der Waals surface area contributed by atoms with Crippen molar-refractivity contribution in [1.29, 1.82) is 0 Å². The van der Waals surface area contributed by atoms with Crippen molar-refractivity contribution in [2.75, 3.05) is 25.0 Å². The number of ether oxygens (including phenoxy) is 1. The van der Waals surface area contributed by atoms with E-state index in [9.17, 15) is 9.59 Å². The van der Waals surface area contributed by atoms with Crippen molar-refractivity contribution in [2.45, 2.75) is 71.1 Å². The van der Waals surface area contributed by atoms with Crippen LogP contribution in [-0.4, -0.2) is 46.2 Å². The van der Waals surface area contributed by atoms with E-state index < -0.39 is 5.60 Å². The van der Waals surface area contributed by atoms with Gasteiger partial charge in [-0.2, -0.15) is 0 Å². The van der Waals surface area contributed by atoms with Crippen molar-refractivity contribution in [3.63, 3.8) is 0 Å². The summed E-state index contributed by atoms with van der Waals surface area (Å²) in [6.07, 6.45) is 5.64. The Morgan fingerprint density at radius 2 is 1.81 bits per heavy atom. The number of carbonyl (C=O) groups is 1. The van der Waals surface area contributed by atoms with Gasteiger partial charge in [0.25, 0.3) is 5.56 Å². The number of fused-ring (bicyclic) bond motifs is 2. The number of likely N-dealkylation sites (tertiary alicyclic amines) is 1. The van der Waals surface area contributed by atoms with Crippen molar-refractivity contribution >= 4 is 22.6 Å². The minimum atomic E-state index is -0.525. The number of hydrogen-bond donors (Lipinski definition) is 0. The predicted octanol–water partition coefficient (Wildman–Crippen LogP) is 5.00. The summed E-state index contributed by atoms with van der Waals surface area (Å²) in [5.74, 6) is 0.526. The Morgan fingerprint density at radius 3 is 2.49 bits per heavy atom. The fraction of sp³-hybridized carbons (Fsp3) is 0.500. The molecule has 0 spiro atoms. The zero-order chi connectivity index (χ0) is 26.3.